The highest BCUT2D eigenvalue weighted by Crippen LogP contribution is 2.34. The van der Waals surface area contributed by atoms with Crippen LogP contribution >= 0.6 is 58.7 Å². The molecule has 3 N–H and O–H groups in total. The summed E-state index contributed by atoms with van der Waals surface area (Å²) < 4.78 is 73.8. The molecular weight excluding hydrogens is 882 g/mol. The summed E-state index contributed by atoms with van der Waals surface area (Å²) in [5.41, 5.74) is 4.40. The molecule has 0 fully saturated rings. The molecule has 0 radical (unpaired) electrons. The van der Waals surface area contributed by atoms with Crippen LogP contribution in [0, 0.1) is 46.3 Å². The molecule has 0 saturated carbocycles. The Labute approximate surface area is 382 Å². The van der Waals surface area contributed by atoms with Gasteiger partial charge in [-0.25, -0.2) is 23.1 Å². The van der Waals surface area contributed by atoms with Crippen LogP contribution in [0.25, 0.3) is 0 Å². The second-order valence-corrected chi connectivity index (χ2v) is 15.7. The SMILES string of the molecule is CC.CC.CC.COc1c(F)cc(C)cc1NSc1cnc(C)o1.COc1c(F)cc(C)cc1NSc1csc(C)n1.C\C=C(C)/C=C(NSc1cc(C)sn1)\C(=C\F)OC. The second-order valence-electron chi connectivity index (χ2n) is 11.2. The van der Waals surface area contributed by atoms with Crippen LogP contribution in [-0.4, -0.2) is 35.7 Å². The maximum absolute atomic E-state index is 13.7. The van der Waals surface area contributed by atoms with Crippen LogP contribution in [0.1, 0.15) is 82.3 Å². The third-order valence-corrected chi connectivity index (χ3v) is 10.7. The number of aromatic nitrogens is 3. The van der Waals surface area contributed by atoms with Crippen molar-refractivity contribution in [2.75, 3.05) is 30.8 Å². The van der Waals surface area contributed by atoms with E-state index in [9.17, 15) is 13.2 Å². The number of ether oxygens (including phenoxy) is 3. The van der Waals surface area contributed by atoms with Gasteiger partial charge in [-0.05, 0) is 101 Å². The maximum Gasteiger partial charge on any atom is 0.201 e. The zero-order chi connectivity index (χ0) is 46.5. The summed E-state index contributed by atoms with van der Waals surface area (Å²) >= 11 is 6.90. The van der Waals surface area contributed by atoms with Gasteiger partial charge in [0.25, 0.3) is 0 Å². The second kappa shape index (κ2) is 32.5. The minimum atomic E-state index is -0.394. The van der Waals surface area contributed by atoms with Crippen molar-refractivity contribution < 1.29 is 31.8 Å². The first-order chi connectivity index (χ1) is 29.3. The van der Waals surface area contributed by atoms with Crippen molar-refractivity contribution in [2.24, 2.45) is 0 Å². The molecule has 3 heterocycles. The zero-order valence-corrected chi connectivity index (χ0v) is 42.0. The number of methoxy groups -OCH3 is 3. The molecule has 0 amide bonds. The number of aryl methyl sites for hydroxylation is 5. The standard InChI is InChI=1S/C13H17FN2OS2.C12H13FN2O2S.C12H13FN2OS2.3C2H6/c1-5-9(2)6-11(12(8-14)17-4)15-19-13-7-10(3)18-16-13;1-7-4-9(13)12(16-3)10(5-7)15-18-11-6-14-8(2)17-11;1-7-4-9(13)12(16-3)10(5-7)15-18-11-6-17-8(2)14-11;3*1-2/h5-8,15H,1-4H3;2*4-6,15H,1-3H3;3*1-2H3/b9-5-,11-6+,12-8-;;;;;. The third kappa shape index (κ3) is 20.9. The highest BCUT2D eigenvalue weighted by molar-refractivity contribution is 8.00. The van der Waals surface area contributed by atoms with Crippen LogP contribution < -0.4 is 23.6 Å². The minimum absolute atomic E-state index is 0.153. The van der Waals surface area contributed by atoms with Gasteiger partial charge in [-0.1, -0.05) is 53.2 Å². The largest absolute Gasteiger partial charge is 0.492 e. The number of benzene rings is 2. The van der Waals surface area contributed by atoms with Gasteiger partial charge in [-0.2, -0.15) is 4.37 Å². The van der Waals surface area contributed by atoms with E-state index in [2.05, 4.69) is 28.5 Å². The van der Waals surface area contributed by atoms with E-state index in [0.717, 1.165) is 36.6 Å². The van der Waals surface area contributed by atoms with E-state index in [1.165, 1.54) is 80.8 Å². The lowest BCUT2D eigenvalue weighted by atomic mass is 10.2. The number of thiazole rings is 1. The number of halogens is 3. The molecule has 0 atom stereocenters. The fourth-order valence-corrected chi connectivity index (χ4v) is 7.64. The average molecular weight is 943 g/mol. The Hall–Kier alpha value is -4.23. The lowest BCUT2D eigenvalue weighted by Gasteiger charge is -2.11. The van der Waals surface area contributed by atoms with Crippen LogP contribution in [0.5, 0.6) is 11.5 Å². The van der Waals surface area contributed by atoms with Crippen molar-refractivity contribution >= 4 is 70.1 Å². The fourth-order valence-electron chi connectivity index (χ4n) is 4.19. The molecule has 0 spiro atoms. The van der Waals surface area contributed by atoms with Gasteiger partial charge in [0.15, 0.2) is 34.8 Å². The Bertz CT molecular complexity index is 1990. The van der Waals surface area contributed by atoms with E-state index in [0.29, 0.717) is 34.4 Å². The summed E-state index contributed by atoms with van der Waals surface area (Å²) in [5, 5.41) is 5.27. The van der Waals surface area contributed by atoms with Crippen LogP contribution in [0.4, 0.5) is 24.5 Å². The van der Waals surface area contributed by atoms with Crippen LogP contribution in [-0.2, 0) is 4.74 Å². The molecule has 5 aromatic rings. The van der Waals surface area contributed by atoms with Crippen LogP contribution in [0.15, 0.2) is 97.0 Å². The van der Waals surface area contributed by atoms with E-state index in [4.69, 9.17) is 18.6 Å². The topological polar surface area (TPSA) is 116 Å². The lowest BCUT2D eigenvalue weighted by Crippen LogP contribution is -2.08. The molecule has 0 aliphatic rings. The van der Waals surface area contributed by atoms with Crippen molar-refractivity contribution in [3.8, 4) is 11.5 Å². The first-order valence-electron chi connectivity index (χ1n) is 19.2. The highest BCUT2D eigenvalue weighted by Gasteiger charge is 2.13. The first kappa shape index (κ1) is 56.8. The maximum atomic E-state index is 13.7. The molecule has 0 saturated heterocycles. The van der Waals surface area contributed by atoms with Gasteiger partial charge >= 0.3 is 0 Å². The zero-order valence-electron chi connectivity index (χ0n) is 37.9. The average Bonchev–Trinajstić information content (AvgIpc) is 4.01. The van der Waals surface area contributed by atoms with Gasteiger partial charge < -0.3 is 32.8 Å². The summed E-state index contributed by atoms with van der Waals surface area (Å²) in [6, 6.07) is 8.48. The Morgan fingerprint density at radius 1 is 0.787 bits per heavy atom. The number of hydrogen-bond acceptors (Lipinski definition) is 15. The highest BCUT2D eigenvalue weighted by atomic mass is 32.2. The van der Waals surface area contributed by atoms with Gasteiger partial charge in [0, 0.05) is 53.0 Å². The number of anilines is 2. The number of rotatable bonds is 14. The Morgan fingerprint density at radius 3 is 1.75 bits per heavy atom. The molecule has 61 heavy (non-hydrogen) atoms. The predicted octanol–water partition coefficient (Wildman–Crippen LogP) is 15.0. The first-order valence-corrected chi connectivity index (χ1v) is 23.3. The smallest absolute Gasteiger partial charge is 0.201 e. The summed E-state index contributed by atoms with van der Waals surface area (Å²) in [5.74, 6) is 0.385. The molecule has 10 nitrogen and oxygen atoms in total. The molecule has 0 bridgehead atoms. The molecule has 338 valence electrons. The van der Waals surface area contributed by atoms with E-state index < -0.39 is 5.82 Å². The molecule has 5 rings (SSSR count). The Balaban J connectivity index is 0.000000832. The van der Waals surface area contributed by atoms with Crippen molar-refractivity contribution in [3.05, 3.63) is 116 Å². The van der Waals surface area contributed by atoms with Crippen LogP contribution in [0.3, 0.4) is 0 Å². The molecule has 0 aliphatic heterocycles. The Kier molecular flexibility index (Phi) is 30.2. The molecule has 3 aromatic heterocycles. The van der Waals surface area contributed by atoms with E-state index >= 15 is 0 Å². The molecule has 2 aromatic carbocycles. The molecular formula is C43H61F3N6O4S5. The summed E-state index contributed by atoms with van der Waals surface area (Å²) in [4.78, 5) is 9.42. The number of allylic oxidation sites excluding steroid dienone is 3. The molecule has 0 unspecified atom stereocenters. The minimum Gasteiger partial charge on any atom is -0.492 e. The fraction of sp³-hybridized carbons (Fsp3) is 0.372. The van der Waals surface area contributed by atoms with Gasteiger partial charge in [0.05, 0.1) is 49.6 Å². The van der Waals surface area contributed by atoms with Gasteiger partial charge in [-0.15, -0.1) is 11.3 Å². The summed E-state index contributed by atoms with van der Waals surface area (Å²) in [6.07, 6.45) is 5.80. The van der Waals surface area contributed by atoms with E-state index in [-0.39, 0.29) is 23.1 Å². The van der Waals surface area contributed by atoms with Crippen molar-refractivity contribution in [1.82, 2.24) is 19.1 Å². The van der Waals surface area contributed by atoms with Crippen molar-refractivity contribution in [3.63, 3.8) is 0 Å². The van der Waals surface area contributed by atoms with Gasteiger partial charge in [-0.3, -0.25) is 0 Å². The normalized spacial score (nSPS) is 10.7. The van der Waals surface area contributed by atoms with E-state index in [1.807, 2.05) is 113 Å². The van der Waals surface area contributed by atoms with Gasteiger partial charge in [0.2, 0.25) is 5.09 Å². The summed E-state index contributed by atoms with van der Waals surface area (Å²) in [6.45, 7) is 25.2. The number of hydrogen-bond donors (Lipinski definition) is 3. The van der Waals surface area contributed by atoms with Crippen LogP contribution in [0.2, 0.25) is 0 Å². The Morgan fingerprint density at radius 2 is 1.34 bits per heavy atom. The lowest BCUT2D eigenvalue weighted by molar-refractivity contribution is 0.290. The third-order valence-electron chi connectivity index (χ3n) is 6.79. The number of oxazole rings is 1. The monoisotopic (exact) mass is 942 g/mol. The van der Waals surface area contributed by atoms with Crippen molar-refractivity contribution in [1.29, 1.82) is 0 Å². The molecule has 18 heteroatoms. The predicted molar refractivity (Wildman–Crippen MR) is 256 cm³/mol. The van der Waals surface area contributed by atoms with Crippen molar-refractivity contribution in [2.45, 2.75) is 105 Å². The van der Waals surface area contributed by atoms with E-state index in [1.54, 1.807) is 30.5 Å². The molecule has 0 aliphatic carbocycles. The van der Waals surface area contributed by atoms with Gasteiger partial charge in [0.1, 0.15) is 16.4 Å². The summed E-state index contributed by atoms with van der Waals surface area (Å²) in [7, 11) is 4.32. The quantitative estimate of drug-likeness (QED) is 0.0558. The number of nitrogens with zero attached hydrogens (tertiary/aromatic N) is 3. The number of nitrogens with one attached hydrogen (secondary N) is 3.